The number of aliphatic hydroxyl groups excluding tert-OH is 9. The van der Waals surface area contributed by atoms with E-state index in [-0.39, 0.29) is 38.9 Å². The van der Waals surface area contributed by atoms with Gasteiger partial charge in [-0.1, -0.05) is 0 Å². The first kappa shape index (κ1) is 43.9. The minimum absolute atomic E-state index is 0.0366. The summed E-state index contributed by atoms with van der Waals surface area (Å²) in [6.45, 7) is -1.68. The number of aliphatic hydroxyl groups is 10. The van der Waals surface area contributed by atoms with Gasteiger partial charge in [0, 0.05) is 44.6 Å². The number of ether oxygens (including phenoxy) is 6. The zero-order valence-corrected chi connectivity index (χ0v) is 29.5. The maximum absolute atomic E-state index is 13.0. The van der Waals surface area contributed by atoms with Gasteiger partial charge < -0.3 is 113 Å². The normalized spacial score (nSPS) is 50.2. The van der Waals surface area contributed by atoms with Gasteiger partial charge in [0.15, 0.2) is 24.7 Å². The first-order valence-corrected chi connectivity index (χ1v) is 18.1. The van der Waals surface area contributed by atoms with Crippen LogP contribution < -0.4 is 34.0 Å². The first-order valence-electron chi connectivity index (χ1n) is 18.1. The number of carbonyl (C=O) groups is 1. The predicted molar refractivity (Wildman–Crippen MR) is 178 cm³/mol. The molecule has 0 aromatic heterocycles. The number of Topliss-reactive ketones (excluding diaryl/α,β-unsaturated/α-hetero) is 1. The number of ketones is 1. The van der Waals surface area contributed by atoms with Gasteiger partial charge in [-0.05, 0) is 12.3 Å². The largest absolute Gasteiger partial charge is 0.394 e. The van der Waals surface area contributed by atoms with Gasteiger partial charge in [0.2, 0.25) is 0 Å². The molecule has 0 spiro atoms. The van der Waals surface area contributed by atoms with E-state index in [1.54, 1.807) is 0 Å². The van der Waals surface area contributed by atoms with Crippen LogP contribution in [0.4, 0.5) is 0 Å². The molecule has 314 valence electrons. The third kappa shape index (κ3) is 9.07. The van der Waals surface area contributed by atoms with Crippen molar-refractivity contribution < 1.29 is 84.3 Å². The molecule has 23 heteroatoms. The summed E-state index contributed by atoms with van der Waals surface area (Å²) < 4.78 is 35.5. The summed E-state index contributed by atoms with van der Waals surface area (Å²) in [4.78, 5) is 13.0. The molecule has 0 radical (unpaired) electrons. The van der Waals surface area contributed by atoms with E-state index >= 15 is 0 Å². The minimum Gasteiger partial charge on any atom is -0.394 e. The Labute approximate surface area is 310 Å². The molecule has 0 aromatic carbocycles. The lowest BCUT2D eigenvalue weighted by atomic mass is 9.76. The third-order valence-electron chi connectivity index (χ3n) is 11.1. The van der Waals surface area contributed by atoms with Gasteiger partial charge >= 0.3 is 0 Å². The molecule has 2 aliphatic carbocycles. The Hall–Kier alpha value is -1.21. The van der Waals surface area contributed by atoms with Crippen LogP contribution in [0.1, 0.15) is 19.3 Å². The molecule has 5 fully saturated rings. The van der Waals surface area contributed by atoms with Crippen LogP contribution in [-0.4, -0.2) is 218 Å². The standard InChI is InChI=1S/C31H58N6O17/c32-4-12-20(43)22(45)17(35)28(49-12)53-26-14(8-39)51-30(24(26)47)54-27-19(42)9(2-16(41)31(48)3-15(31)34)1-11(33)25(27)52-29-18(36)23(46)21(44)13(50-29)6-37-5-10(40)7-38/h9-15,17-30,37-40,42-48H,1-8,32-36H2/t9-,10?,11-,12-,13+,14+,15?,17+,18+,19-,20+,21+,22+,23+,24+,25+,26+,27+,28+,29+,30-,31?/m0/s1. The average molecular weight is 787 g/mol. The average Bonchev–Trinajstić information content (AvgIpc) is 3.67. The molecule has 54 heavy (non-hydrogen) atoms. The van der Waals surface area contributed by atoms with Gasteiger partial charge in [-0.2, -0.15) is 0 Å². The van der Waals surface area contributed by atoms with Crippen molar-refractivity contribution in [1.29, 1.82) is 0 Å². The molecule has 0 aromatic rings. The lowest BCUT2D eigenvalue weighted by molar-refractivity contribution is -0.310. The fourth-order valence-electron chi connectivity index (χ4n) is 7.45. The third-order valence-corrected chi connectivity index (χ3v) is 11.1. The topological polar surface area (TPSA) is 417 Å². The SMILES string of the molecule is NC[C@@H]1O[C@H](O[C@H]2[C@@H](O)[C@H](O[C@@H]3[C@@H](O)[C@H](CC(=O)C4(O)CC4N)C[C@H](N)[C@H]3O[C@H]3O[C@H](CNCC(O)CO)[C@@H](O)[C@H](O)[C@H]3N)O[C@@H]2CO)[C@H](N)[C@@H](O)[C@@H]1O. The lowest BCUT2D eigenvalue weighted by Gasteiger charge is -2.48. The van der Waals surface area contributed by atoms with Crippen molar-refractivity contribution in [2.45, 2.75) is 147 Å². The summed E-state index contributed by atoms with van der Waals surface area (Å²) in [5, 5.41) is 108. The molecular weight excluding hydrogens is 728 g/mol. The Balaban J connectivity index is 1.35. The van der Waals surface area contributed by atoms with Crippen LogP contribution in [0.3, 0.4) is 0 Å². The van der Waals surface area contributed by atoms with E-state index in [0.717, 1.165) is 0 Å². The minimum atomic E-state index is -1.76. The van der Waals surface area contributed by atoms with Crippen LogP contribution in [0.5, 0.6) is 0 Å². The number of hydrogen-bond donors (Lipinski definition) is 16. The second kappa shape index (κ2) is 18.2. The van der Waals surface area contributed by atoms with Crippen LogP contribution in [0.2, 0.25) is 0 Å². The van der Waals surface area contributed by atoms with Crippen molar-refractivity contribution in [2.75, 3.05) is 32.8 Å². The molecule has 3 aliphatic heterocycles. The molecule has 5 aliphatic rings. The number of nitrogens with one attached hydrogen (secondary N) is 1. The zero-order valence-electron chi connectivity index (χ0n) is 29.5. The van der Waals surface area contributed by atoms with Gasteiger partial charge in [0.05, 0.1) is 37.5 Å². The summed E-state index contributed by atoms with van der Waals surface area (Å²) >= 11 is 0. The van der Waals surface area contributed by atoms with E-state index in [4.69, 9.17) is 62.2 Å². The van der Waals surface area contributed by atoms with Gasteiger partial charge in [0.25, 0.3) is 0 Å². The van der Waals surface area contributed by atoms with E-state index in [1.807, 2.05) is 0 Å². The summed E-state index contributed by atoms with van der Waals surface area (Å²) in [6.07, 6.45) is -23.3. The van der Waals surface area contributed by atoms with Gasteiger partial charge in [-0.15, -0.1) is 0 Å². The zero-order chi connectivity index (χ0) is 39.8. The monoisotopic (exact) mass is 786 g/mol. The predicted octanol–water partition coefficient (Wildman–Crippen LogP) is -10.2. The van der Waals surface area contributed by atoms with Crippen LogP contribution in [0.25, 0.3) is 0 Å². The lowest BCUT2D eigenvalue weighted by Crippen LogP contribution is -2.67. The van der Waals surface area contributed by atoms with Crippen molar-refractivity contribution >= 4 is 5.78 Å². The van der Waals surface area contributed by atoms with Gasteiger partial charge in [-0.3, -0.25) is 4.79 Å². The molecule has 2 saturated carbocycles. The fraction of sp³-hybridized carbons (Fsp3) is 0.968. The Morgan fingerprint density at radius 2 is 1.30 bits per heavy atom. The van der Waals surface area contributed by atoms with Gasteiger partial charge in [-0.25, -0.2) is 0 Å². The Kier molecular flexibility index (Phi) is 14.8. The summed E-state index contributed by atoms with van der Waals surface area (Å²) in [6, 6.07) is -4.51. The highest BCUT2D eigenvalue weighted by Crippen LogP contribution is 2.41. The van der Waals surface area contributed by atoms with Crippen LogP contribution in [0.15, 0.2) is 0 Å². The summed E-state index contributed by atoms with van der Waals surface area (Å²) in [5.41, 5.74) is 28.5. The van der Waals surface area contributed by atoms with E-state index in [9.17, 15) is 50.8 Å². The maximum Gasteiger partial charge on any atom is 0.187 e. The molecule has 23 nitrogen and oxygen atoms in total. The second-order valence-electron chi connectivity index (χ2n) is 15.0. The second-order valence-corrected chi connectivity index (χ2v) is 15.0. The molecule has 0 amide bonds. The Morgan fingerprint density at radius 3 is 1.85 bits per heavy atom. The van der Waals surface area contributed by atoms with Crippen LogP contribution in [-0.2, 0) is 33.2 Å². The Morgan fingerprint density at radius 1 is 0.759 bits per heavy atom. The van der Waals surface area contributed by atoms with Crippen molar-refractivity contribution in [2.24, 2.45) is 34.6 Å². The number of hydrogen-bond acceptors (Lipinski definition) is 23. The summed E-state index contributed by atoms with van der Waals surface area (Å²) in [7, 11) is 0. The number of nitrogens with two attached hydrogens (primary N) is 5. The number of carbonyl (C=O) groups excluding carboxylic acids is 1. The van der Waals surface area contributed by atoms with Crippen LogP contribution >= 0.6 is 0 Å². The summed E-state index contributed by atoms with van der Waals surface area (Å²) in [5.74, 6) is -1.56. The van der Waals surface area contributed by atoms with E-state index < -0.39 is 153 Å². The molecule has 22 atom stereocenters. The highest BCUT2D eigenvalue weighted by Gasteiger charge is 2.59. The van der Waals surface area contributed by atoms with Crippen molar-refractivity contribution in [3.63, 3.8) is 0 Å². The molecule has 21 N–H and O–H groups in total. The smallest absolute Gasteiger partial charge is 0.187 e. The highest BCUT2D eigenvalue weighted by atomic mass is 16.8. The molecule has 5 rings (SSSR count). The van der Waals surface area contributed by atoms with Crippen LogP contribution in [0, 0.1) is 5.92 Å². The molecule has 0 bridgehead atoms. The van der Waals surface area contributed by atoms with Crippen molar-refractivity contribution in [3.05, 3.63) is 0 Å². The molecular formula is C31H58N6O17. The molecule has 3 heterocycles. The fourth-order valence-corrected chi connectivity index (χ4v) is 7.45. The van der Waals surface area contributed by atoms with E-state index in [2.05, 4.69) is 5.32 Å². The van der Waals surface area contributed by atoms with Crippen molar-refractivity contribution in [3.8, 4) is 0 Å². The molecule has 3 unspecified atom stereocenters. The van der Waals surface area contributed by atoms with E-state index in [0.29, 0.717) is 0 Å². The van der Waals surface area contributed by atoms with E-state index in [1.165, 1.54) is 0 Å². The quantitative estimate of drug-likeness (QED) is 0.0690. The number of rotatable bonds is 16. The maximum atomic E-state index is 13.0. The first-order chi connectivity index (χ1) is 25.5. The highest BCUT2D eigenvalue weighted by molar-refractivity contribution is 5.91. The Bertz CT molecular complexity index is 1230. The molecule has 3 saturated heterocycles. The van der Waals surface area contributed by atoms with Gasteiger partial charge in [0.1, 0.15) is 72.7 Å². The van der Waals surface area contributed by atoms with Crippen molar-refractivity contribution in [1.82, 2.24) is 5.32 Å².